The lowest BCUT2D eigenvalue weighted by Gasteiger charge is -2.21. The van der Waals surface area contributed by atoms with E-state index in [9.17, 15) is 13.2 Å². The molecule has 1 aliphatic rings. The maximum atomic E-state index is 13.1. The van der Waals surface area contributed by atoms with E-state index in [1.54, 1.807) is 25.1 Å². The van der Waals surface area contributed by atoms with Gasteiger partial charge in [-0.1, -0.05) is 24.6 Å². The van der Waals surface area contributed by atoms with Gasteiger partial charge in [0.05, 0.1) is 17.7 Å². The van der Waals surface area contributed by atoms with Gasteiger partial charge in [-0.15, -0.1) is 0 Å². The van der Waals surface area contributed by atoms with Gasteiger partial charge >= 0.3 is 5.97 Å². The van der Waals surface area contributed by atoms with Gasteiger partial charge in [-0.3, -0.25) is 0 Å². The Morgan fingerprint density at radius 1 is 1.19 bits per heavy atom. The Balaban J connectivity index is 1.93. The minimum absolute atomic E-state index is 0.0341. The molecule has 0 spiro atoms. The molecule has 0 fully saturated rings. The highest BCUT2D eigenvalue weighted by molar-refractivity contribution is 7.89. The first-order valence-corrected chi connectivity index (χ1v) is 9.95. The van der Waals surface area contributed by atoms with E-state index in [0.717, 1.165) is 5.56 Å². The smallest absolute Gasteiger partial charge is 0.337 e. The van der Waals surface area contributed by atoms with Gasteiger partial charge in [0.2, 0.25) is 16.8 Å². The molecule has 2 aromatic carbocycles. The summed E-state index contributed by atoms with van der Waals surface area (Å²) in [6.45, 7) is 2.21. The van der Waals surface area contributed by atoms with Crippen molar-refractivity contribution >= 4 is 27.6 Å². The number of fused-ring (bicyclic) bond motifs is 1. The molecule has 0 bridgehead atoms. The summed E-state index contributed by atoms with van der Waals surface area (Å²) >= 11 is 6.11. The van der Waals surface area contributed by atoms with Crippen LogP contribution in [-0.2, 0) is 21.3 Å². The van der Waals surface area contributed by atoms with Crippen molar-refractivity contribution in [2.45, 2.75) is 18.4 Å². The van der Waals surface area contributed by atoms with E-state index in [-0.39, 0.29) is 35.4 Å². The number of sulfonamides is 1. The molecule has 0 aliphatic carbocycles. The third kappa shape index (κ3) is 3.87. The molecule has 0 unspecified atom stereocenters. The van der Waals surface area contributed by atoms with E-state index < -0.39 is 16.0 Å². The van der Waals surface area contributed by atoms with Crippen molar-refractivity contribution in [3.05, 3.63) is 52.5 Å². The number of esters is 1. The van der Waals surface area contributed by atoms with Gasteiger partial charge < -0.3 is 14.2 Å². The summed E-state index contributed by atoms with van der Waals surface area (Å²) in [5.41, 5.74) is 0.851. The number of ether oxygens (including phenoxy) is 3. The SMILES string of the molecule is CCN(Cc1ccc2c(c1)OCO2)S(=O)(=O)c1cc(C(=O)OC)ccc1Cl. The zero-order chi connectivity index (χ0) is 19.6. The van der Waals surface area contributed by atoms with Gasteiger partial charge in [-0.05, 0) is 35.9 Å². The van der Waals surface area contributed by atoms with Crippen molar-refractivity contribution in [3.8, 4) is 11.5 Å². The maximum absolute atomic E-state index is 13.1. The highest BCUT2D eigenvalue weighted by atomic mass is 35.5. The number of carbonyl (C=O) groups is 1. The second-order valence-corrected chi connectivity index (χ2v) is 8.07. The Morgan fingerprint density at radius 2 is 1.93 bits per heavy atom. The normalized spacial score (nSPS) is 13.0. The van der Waals surface area contributed by atoms with Gasteiger partial charge in [0.15, 0.2) is 11.5 Å². The summed E-state index contributed by atoms with van der Waals surface area (Å²) in [5, 5.41) is 0.0341. The first-order chi connectivity index (χ1) is 12.9. The molecular formula is C18H18ClNO6S. The summed E-state index contributed by atoms with van der Waals surface area (Å²) in [4.78, 5) is 11.6. The van der Waals surface area contributed by atoms with E-state index in [4.69, 9.17) is 21.1 Å². The third-order valence-electron chi connectivity index (χ3n) is 4.12. The molecule has 0 N–H and O–H groups in total. The zero-order valence-electron chi connectivity index (χ0n) is 14.8. The summed E-state index contributed by atoms with van der Waals surface area (Å²) in [6.07, 6.45) is 0. The molecule has 2 aromatic rings. The van der Waals surface area contributed by atoms with E-state index >= 15 is 0 Å². The molecule has 0 amide bonds. The fourth-order valence-corrected chi connectivity index (χ4v) is 4.63. The van der Waals surface area contributed by atoms with E-state index in [1.165, 1.54) is 29.6 Å². The number of rotatable bonds is 6. The lowest BCUT2D eigenvalue weighted by Crippen LogP contribution is -2.30. The van der Waals surface area contributed by atoms with Crippen LogP contribution in [0.4, 0.5) is 0 Å². The molecule has 27 heavy (non-hydrogen) atoms. The Hall–Kier alpha value is -2.29. The fraction of sp³-hybridized carbons (Fsp3) is 0.278. The van der Waals surface area contributed by atoms with E-state index in [0.29, 0.717) is 11.5 Å². The predicted octanol–water partition coefficient (Wildman–Crippen LogP) is 3.07. The number of methoxy groups -OCH3 is 1. The van der Waals surface area contributed by atoms with Gasteiger partial charge in [0.1, 0.15) is 4.90 Å². The minimum Gasteiger partial charge on any atom is -0.465 e. The lowest BCUT2D eigenvalue weighted by molar-refractivity contribution is 0.0600. The largest absolute Gasteiger partial charge is 0.465 e. The van der Waals surface area contributed by atoms with Crippen LogP contribution in [0.25, 0.3) is 0 Å². The molecule has 9 heteroatoms. The summed E-state index contributed by atoms with van der Waals surface area (Å²) in [7, 11) is -2.71. The maximum Gasteiger partial charge on any atom is 0.337 e. The van der Waals surface area contributed by atoms with Gasteiger partial charge in [0, 0.05) is 13.1 Å². The fourth-order valence-electron chi connectivity index (χ4n) is 2.69. The third-order valence-corrected chi connectivity index (χ3v) is 6.52. The molecule has 3 rings (SSSR count). The molecule has 1 aliphatic heterocycles. The second kappa shape index (κ2) is 7.75. The number of nitrogens with zero attached hydrogens (tertiary/aromatic N) is 1. The van der Waals surface area contributed by atoms with Crippen LogP contribution in [0.2, 0.25) is 5.02 Å². The molecule has 7 nitrogen and oxygen atoms in total. The number of halogens is 1. The van der Waals surface area contributed by atoms with Crippen LogP contribution in [0.3, 0.4) is 0 Å². The van der Waals surface area contributed by atoms with Crippen LogP contribution in [-0.4, -0.2) is 39.1 Å². The highest BCUT2D eigenvalue weighted by Crippen LogP contribution is 2.33. The van der Waals surface area contributed by atoms with Crippen molar-refractivity contribution in [3.63, 3.8) is 0 Å². The zero-order valence-corrected chi connectivity index (χ0v) is 16.3. The topological polar surface area (TPSA) is 82.1 Å². The lowest BCUT2D eigenvalue weighted by atomic mass is 10.2. The van der Waals surface area contributed by atoms with E-state index in [2.05, 4.69) is 4.74 Å². The van der Waals surface area contributed by atoms with Crippen molar-refractivity contribution < 1.29 is 27.4 Å². The summed E-state index contributed by atoms with van der Waals surface area (Å²) in [6, 6.07) is 9.27. The number of carbonyl (C=O) groups excluding carboxylic acids is 1. The Bertz CT molecular complexity index is 976. The Labute approximate surface area is 162 Å². The molecule has 1 heterocycles. The van der Waals surface area contributed by atoms with Crippen molar-refractivity contribution in [2.24, 2.45) is 0 Å². The number of hydrogen-bond acceptors (Lipinski definition) is 6. The van der Waals surface area contributed by atoms with Crippen LogP contribution in [0, 0.1) is 0 Å². The average Bonchev–Trinajstić information content (AvgIpc) is 3.13. The van der Waals surface area contributed by atoms with E-state index in [1.807, 2.05) is 0 Å². The minimum atomic E-state index is -3.94. The second-order valence-electron chi connectivity index (χ2n) is 5.76. The predicted molar refractivity (Wildman–Crippen MR) is 98.6 cm³/mol. The molecular weight excluding hydrogens is 394 g/mol. The van der Waals surface area contributed by atoms with Crippen molar-refractivity contribution in [1.82, 2.24) is 4.31 Å². The van der Waals surface area contributed by atoms with Crippen molar-refractivity contribution in [2.75, 3.05) is 20.4 Å². The summed E-state index contributed by atoms with van der Waals surface area (Å²) < 4.78 is 42.8. The van der Waals surface area contributed by atoms with Crippen molar-refractivity contribution in [1.29, 1.82) is 0 Å². The number of benzene rings is 2. The van der Waals surface area contributed by atoms with Crippen LogP contribution >= 0.6 is 11.6 Å². The van der Waals surface area contributed by atoms with Gasteiger partial charge in [-0.2, -0.15) is 4.31 Å². The Kier molecular flexibility index (Phi) is 5.59. The first-order valence-electron chi connectivity index (χ1n) is 8.13. The molecule has 0 saturated heterocycles. The summed E-state index contributed by atoms with van der Waals surface area (Å²) in [5.74, 6) is 0.562. The van der Waals surface area contributed by atoms with Crippen LogP contribution in [0.15, 0.2) is 41.3 Å². The van der Waals surface area contributed by atoms with Crippen LogP contribution in [0.1, 0.15) is 22.8 Å². The number of hydrogen-bond donors (Lipinski definition) is 0. The van der Waals surface area contributed by atoms with Crippen LogP contribution < -0.4 is 9.47 Å². The standard InChI is InChI=1S/C18H18ClNO6S/c1-3-20(10-12-4-7-15-16(8-12)26-11-25-15)27(22,23)17-9-13(18(21)24-2)5-6-14(17)19/h4-9H,3,10-11H2,1-2H3. The molecule has 0 saturated carbocycles. The van der Waals surface area contributed by atoms with Gasteiger partial charge in [0.25, 0.3) is 0 Å². The van der Waals surface area contributed by atoms with Gasteiger partial charge in [-0.25, -0.2) is 13.2 Å². The first kappa shape index (κ1) is 19.5. The molecule has 0 atom stereocenters. The average molecular weight is 412 g/mol. The monoisotopic (exact) mass is 411 g/mol. The molecule has 0 radical (unpaired) electrons. The Morgan fingerprint density at radius 3 is 2.63 bits per heavy atom. The highest BCUT2D eigenvalue weighted by Gasteiger charge is 2.27. The van der Waals surface area contributed by atoms with Crippen LogP contribution in [0.5, 0.6) is 11.5 Å². The molecule has 144 valence electrons. The quantitative estimate of drug-likeness (QED) is 0.679. The molecule has 0 aromatic heterocycles.